The summed E-state index contributed by atoms with van der Waals surface area (Å²) in [6, 6.07) is 2.31. The zero-order valence-electron chi connectivity index (χ0n) is 10.5. The van der Waals surface area contributed by atoms with E-state index in [1.807, 2.05) is 12.3 Å². The maximum atomic E-state index is 6.04. The van der Waals surface area contributed by atoms with Gasteiger partial charge in [-0.15, -0.1) is 0 Å². The highest BCUT2D eigenvalue weighted by Crippen LogP contribution is 2.32. The third kappa shape index (κ3) is 3.49. The topological polar surface area (TPSA) is 29.0 Å². The van der Waals surface area contributed by atoms with Crippen molar-refractivity contribution >= 4 is 29.2 Å². The Morgan fingerprint density at radius 3 is 2.71 bits per heavy atom. The first-order valence-corrected chi connectivity index (χ1v) is 7.55. The molecule has 0 N–H and O–H groups in total. The number of thioether (sulfide) groups is 1. The Morgan fingerprint density at radius 2 is 2.18 bits per heavy atom. The van der Waals surface area contributed by atoms with Crippen LogP contribution in [0.5, 0.6) is 0 Å². The first kappa shape index (κ1) is 13.0. The van der Waals surface area contributed by atoms with E-state index in [0.29, 0.717) is 11.2 Å². The molecule has 1 aliphatic carbocycles. The number of anilines is 1. The summed E-state index contributed by atoms with van der Waals surface area (Å²) < 4.78 is 0. The third-order valence-electron chi connectivity index (χ3n) is 2.91. The quantitative estimate of drug-likeness (QED) is 0.466. The summed E-state index contributed by atoms with van der Waals surface area (Å²) in [5, 5.41) is 1.27. The van der Waals surface area contributed by atoms with Crippen molar-refractivity contribution in [1.82, 2.24) is 9.97 Å². The molecule has 0 bridgehead atoms. The molecule has 5 heteroatoms. The fourth-order valence-electron chi connectivity index (χ4n) is 1.77. The fourth-order valence-corrected chi connectivity index (χ4v) is 2.37. The predicted octanol–water partition coefficient (Wildman–Crippen LogP) is 3.48. The number of nitrogens with zero attached hydrogens (tertiary/aromatic N) is 3. The highest BCUT2D eigenvalue weighted by Gasteiger charge is 2.26. The molecule has 17 heavy (non-hydrogen) atoms. The second-order valence-corrected chi connectivity index (χ2v) is 5.89. The van der Waals surface area contributed by atoms with E-state index in [2.05, 4.69) is 28.7 Å². The molecule has 0 aliphatic heterocycles. The minimum absolute atomic E-state index is 0.441. The zero-order valence-corrected chi connectivity index (χ0v) is 12.1. The molecule has 1 saturated carbocycles. The van der Waals surface area contributed by atoms with Crippen molar-refractivity contribution in [1.29, 1.82) is 0 Å². The Morgan fingerprint density at radius 1 is 1.47 bits per heavy atom. The van der Waals surface area contributed by atoms with E-state index >= 15 is 0 Å². The van der Waals surface area contributed by atoms with E-state index in [4.69, 9.17) is 11.6 Å². The molecule has 0 atom stereocenters. The monoisotopic (exact) mass is 271 g/mol. The highest BCUT2D eigenvalue weighted by atomic mass is 35.5. The number of hydrogen-bond donors (Lipinski definition) is 0. The lowest BCUT2D eigenvalue weighted by Crippen LogP contribution is -2.33. The van der Waals surface area contributed by atoms with Gasteiger partial charge in [-0.2, -0.15) is 0 Å². The number of rotatable bonds is 5. The van der Waals surface area contributed by atoms with Gasteiger partial charge in [-0.1, -0.05) is 23.4 Å². The standard InChI is InChI=1S/C12H18ClN3S/c1-8(2)16(7-9-4-5-9)11-6-10(13)14-12(15-11)17-3/h6,8-9H,4-5,7H2,1-3H3. The van der Waals surface area contributed by atoms with Crippen LogP contribution in [0.2, 0.25) is 5.15 Å². The largest absolute Gasteiger partial charge is 0.354 e. The molecule has 94 valence electrons. The molecule has 1 aromatic rings. The molecule has 2 rings (SSSR count). The number of aromatic nitrogens is 2. The normalized spacial score (nSPS) is 15.4. The van der Waals surface area contributed by atoms with Crippen molar-refractivity contribution in [2.75, 3.05) is 17.7 Å². The van der Waals surface area contributed by atoms with Crippen LogP contribution in [0.1, 0.15) is 26.7 Å². The molecule has 1 heterocycles. The minimum atomic E-state index is 0.441. The first-order valence-electron chi connectivity index (χ1n) is 5.95. The lowest BCUT2D eigenvalue weighted by atomic mass is 10.2. The van der Waals surface area contributed by atoms with Crippen molar-refractivity contribution in [2.24, 2.45) is 5.92 Å². The lowest BCUT2D eigenvalue weighted by molar-refractivity contribution is 0.632. The predicted molar refractivity (Wildman–Crippen MR) is 74.0 cm³/mol. The van der Waals surface area contributed by atoms with Gasteiger partial charge in [0.2, 0.25) is 0 Å². The average Bonchev–Trinajstić information content (AvgIpc) is 3.08. The first-order chi connectivity index (χ1) is 8.10. The average molecular weight is 272 g/mol. The van der Waals surface area contributed by atoms with Crippen LogP contribution in [0.15, 0.2) is 11.2 Å². The Bertz CT molecular complexity index is 393. The summed E-state index contributed by atoms with van der Waals surface area (Å²) in [4.78, 5) is 11.1. The molecular weight excluding hydrogens is 254 g/mol. The van der Waals surface area contributed by atoms with Gasteiger partial charge in [0.25, 0.3) is 0 Å². The van der Waals surface area contributed by atoms with Crippen molar-refractivity contribution in [3.05, 3.63) is 11.2 Å². The van der Waals surface area contributed by atoms with Crippen molar-refractivity contribution in [3.63, 3.8) is 0 Å². The van der Waals surface area contributed by atoms with Gasteiger partial charge in [-0.25, -0.2) is 9.97 Å². The summed E-state index contributed by atoms with van der Waals surface area (Å²) in [5.41, 5.74) is 0. The Balaban J connectivity index is 2.23. The molecule has 0 radical (unpaired) electrons. The van der Waals surface area contributed by atoms with E-state index < -0.39 is 0 Å². The van der Waals surface area contributed by atoms with Gasteiger partial charge >= 0.3 is 0 Å². The van der Waals surface area contributed by atoms with E-state index in [1.165, 1.54) is 24.6 Å². The molecule has 0 spiro atoms. The molecule has 1 fully saturated rings. The molecular formula is C12H18ClN3S. The van der Waals surface area contributed by atoms with Gasteiger partial charge in [0, 0.05) is 18.7 Å². The van der Waals surface area contributed by atoms with Crippen LogP contribution in [0.3, 0.4) is 0 Å². The zero-order chi connectivity index (χ0) is 12.4. The van der Waals surface area contributed by atoms with Crippen LogP contribution in [0.4, 0.5) is 5.82 Å². The Hall–Kier alpha value is -0.480. The van der Waals surface area contributed by atoms with Crippen molar-refractivity contribution < 1.29 is 0 Å². The summed E-state index contributed by atoms with van der Waals surface area (Å²) in [5.74, 6) is 1.79. The SMILES string of the molecule is CSc1nc(Cl)cc(N(CC2CC2)C(C)C)n1. The van der Waals surface area contributed by atoms with Gasteiger partial charge in [0.05, 0.1) is 0 Å². The summed E-state index contributed by atoms with van der Waals surface area (Å²) in [7, 11) is 0. The Kier molecular flexibility index (Phi) is 4.15. The molecule has 1 aromatic heterocycles. The molecule has 0 amide bonds. The molecule has 3 nitrogen and oxygen atoms in total. The van der Waals surface area contributed by atoms with Crippen molar-refractivity contribution in [3.8, 4) is 0 Å². The van der Waals surface area contributed by atoms with Crippen LogP contribution in [-0.2, 0) is 0 Å². The minimum Gasteiger partial charge on any atom is -0.354 e. The third-order valence-corrected chi connectivity index (χ3v) is 3.65. The molecule has 0 unspecified atom stereocenters. The second-order valence-electron chi connectivity index (χ2n) is 4.73. The van der Waals surface area contributed by atoms with E-state index in [9.17, 15) is 0 Å². The summed E-state index contributed by atoms with van der Waals surface area (Å²) in [6.07, 6.45) is 4.66. The van der Waals surface area contributed by atoms with Gasteiger partial charge in [-0.3, -0.25) is 0 Å². The second kappa shape index (κ2) is 5.44. The van der Waals surface area contributed by atoms with Crippen LogP contribution in [0, 0.1) is 5.92 Å². The smallest absolute Gasteiger partial charge is 0.190 e. The van der Waals surface area contributed by atoms with Crippen molar-refractivity contribution in [2.45, 2.75) is 37.9 Å². The van der Waals surface area contributed by atoms with E-state index in [-0.39, 0.29) is 0 Å². The summed E-state index contributed by atoms with van der Waals surface area (Å²) in [6.45, 7) is 5.47. The van der Waals surface area contributed by atoms with E-state index in [1.54, 1.807) is 0 Å². The van der Waals surface area contributed by atoms with Crippen LogP contribution < -0.4 is 4.90 Å². The summed E-state index contributed by atoms with van der Waals surface area (Å²) >= 11 is 7.57. The number of hydrogen-bond acceptors (Lipinski definition) is 4. The highest BCUT2D eigenvalue weighted by molar-refractivity contribution is 7.98. The van der Waals surface area contributed by atoms with Gasteiger partial charge in [0.1, 0.15) is 11.0 Å². The molecule has 1 aliphatic rings. The Labute approximate surface area is 112 Å². The number of halogens is 1. The maximum Gasteiger partial charge on any atom is 0.190 e. The lowest BCUT2D eigenvalue weighted by Gasteiger charge is -2.28. The van der Waals surface area contributed by atoms with Gasteiger partial charge in [0.15, 0.2) is 5.16 Å². The van der Waals surface area contributed by atoms with Gasteiger partial charge < -0.3 is 4.90 Å². The molecule has 0 saturated heterocycles. The van der Waals surface area contributed by atoms with Crippen LogP contribution in [0.25, 0.3) is 0 Å². The van der Waals surface area contributed by atoms with Gasteiger partial charge in [-0.05, 0) is 38.9 Å². The maximum absolute atomic E-state index is 6.04. The fraction of sp³-hybridized carbons (Fsp3) is 0.667. The van der Waals surface area contributed by atoms with E-state index in [0.717, 1.165) is 23.4 Å². The molecule has 0 aromatic carbocycles. The van der Waals surface area contributed by atoms with Crippen LogP contribution >= 0.6 is 23.4 Å². The van der Waals surface area contributed by atoms with Crippen LogP contribution in [-0.4, -0.2) is 28.8 Å².